The van der Waals surface area contributed by atoms with E-state index in [2.05, 4.69) is 20.4 Å². The molecule has 0 aromatic rings. The zero-order valence-electron chi connectivity index (χ0n) is 5.48. The van der Waals surface area contributed by atoms with Crippen molar-refractivity contribution in [2.24, 2.45) is 0 Å². The molecule has 0 aromatic carbocycles. The number of rotatable bonds is 4. The molecule has 0 amide bonds. The van der Waals surface area contributed by atoms with Crippen LogP contribution in [0.15, 0.2) is 12.3 Å². The fraction of sp³-hybridized carbons (Fsp3) is 0.667. The molecule has 1 nitrogen and oxygen atoms in total. The van der Waals surface area contributed by atoms with Gasteiger partial charge >= 0.3 is 0 Å². The molecule has 46 valence electrons. The van der Waals surface area contributed by atoms with Gasteiger partial charge in [-0.3, -0.25) is 0 Å². The molecule has 0 N–H and O–H groups in total. The normalized spacial score (nSPS) is 13.2. The summed E-state index contributed by atoms with van der Waals surface area (Å²) in [6.07, 6.45) is 1.48. The fourth-order valence-electron chi connectivity index (χ4n) is 0.248. The highest BCUT2D eigenvalue weighted by Crippen LogP contribution is 1.92. The minimum atomic E-state index is 0.395. The van der Waals surface area contributed by atoms with Crippen LogP contribution in [0.4, 0.5) is 0 Å². The van der Waals surface area contributed by atoms with E-state index in [-0.39, 0.29) is 0 Å². The van der Waals surface area contributed by atoms with Crippen molar-refractivity contribution in [3.05, 3.63) is 12.3 Å². The van der Waals surface area contributed by atoms with Gasteiger partial charge < -0.3 is 4.43 Å². The third-order valence-corrected chi connectivity index (χ3v) is 1.63. The van der Waals surface area contributed by atoms with Gasteiger partial charge in [0, 0.05) is 6.10 Å². The molecular weight excluding hydrogens is 116 g/mol. The van der Waals surface area contributed by atoms with Gasteiger partial charge in [-0.2, -0.15) is 0 Å². The Labute approximate surface area is 53.7 Å². The Morgan fingerprint density at radius 2 is 2.50 bits per heavy atom. The van der Waals surface area contributed by atoms with Crippen LogP contribution in [-0.4, -0.2) is 15.9 Å². The molecule has 0 spiro atoms. The molecule has 0 aliphatic rings. The molecule has 0 saturated carbocycles. The molecule has 0 bridgehead atoms. The zero-order chi connectivity index (χ0) is 6.41. The van der Waals surface area contributed by atoms with Crippen molar-refractivity contribution in [1.29, 1.82) is 0 Å². The maximum absolute atomic E-state index is 5.25. The molecular formula is C6H12OSi. The Hall–Kier alpha value is -0.0831. The van der Waals surface area contributed by atoms with E-state index in [9.17, 15) is 0 Å². The highest BCUT2D eigenvalue weighted by Gasteiger charge is 1.93. The van der Waals surface area contributed by atoms with Crippen molar-refractivity contribution in [3.63, 3.8) is 0 Å². The lowest BCUT2D eigenvalue weighted by atomic mass is 10.3. The summed E-state index contributed by atoms with van der Waals surface area (Å²) in [5.74, 6) is 0. The lowest BCUT2D eigenvalue weighted by Crippen LogP contribution is -2.07. The third kappa shape index (κ3) is 4.09. The van der Waals surface area contributed by atoms with E-state index in [1.165, 1.54) is 0 Å². The van der Waals surface area contributed by atoms with E-state index >= 15 is 0 Å². The van der Waals surface area contributed by atoms with Crippen LogP contribution in [0, 0.1) is 0 Å². The summed E-state index contributed by atoms with van der Waals surface area (Å²) in [7, 11) is 0.466. The largest absolute Gasteiger partial charge is 0.409 e. The van der Waals surface area contributed by atoms with Crippen LogP contribution in [0.3, 0.4) is 0 Å². The predicted molar refractivity (Wildman–Crippen MR) is 36.8 cm³/mol. The van der Waals surface area contributed by atoms with Crippen LogP contribution in [0.1, 0.15) is 20.3 Å². The van der Waals surface area contributed by atoms with Crippen molar-refractivity contribution >= 4 is 9.76 Å². The summed E-state index contributed by atoms with van der Waals surface area (Å²) >= 11 is 0. The predicted octanol–water partition coefficient (Wildman–Crippen LogP) is 1.56. The number of hydrogen-bond acceptors (Lipinski definition) is 1. The fourth-order valence-corrected chi connectivity index (χ4v) is 0.743. The van der Waals surface area contributed by atoms with E-state index in [0.717, 1.165) is 6.42 Å². The van der Waals surface area contributed by atoms with Gasteiger partial charge in [-0.1, -0.05) is 12.6 Å². The van der Waals surface area contributed by atoms with E-state index in [1.807, 2.05) is 0 Å². The van der Waals surface area contributed by atoms with Gasteiger partial charge in [0.05, 0.1) is 0 Å². The van der Waals surface area contributed by atoms with Gasteiger partial charge in [-0.15, -0.1) is 6.58 Å². The molecule has 0 rings (SSSR count). The quantitative estimate of drug-likeness (QED) is 0.522. The molecule has 2 radical (unpaired) electrons. The summed E-state index contributed by atoms with van der Waals surface area (Å²) in [4.78, 5) is 0. The van der Waals surface area contributed by atoms with Gasteiger partial charge in [-0.05, 0) is 13.3 Å². The topological polar surface area (TPSA) is 9.23 Å². The minimum absolute atomic E-state index is 0.395. The van der Waals surface area contributed by atoms with Crippen LogP contribution in [0.5, 0.6) is 0 Å². The first-order valence-corrected chi connectivity index (χ1v) is 3.82. The second-order valence-corrected chi connectivity index (χ2v) is 2.54. The first kappa shape index (κ1) is 7.92. The van der Waals surface area contributed by atoms with Gasteiger partial charge in [0.2, 0.25) is 0 Å². The standard InChI is InChI=1S/C6H12OSi/c1-4-6(3)7-8-5-2/h5-6H,2,4H2,1,3H3. The Balaban J connectivity index is 2.97. The van der Waals surface area contributed by atoms with Crippen molar-refractivity contribution < 1.29 is 4.43 Å². The monoisotopic (exact) mass is 128 g/mol. The molecule has 0 aromatic heterocycles. The Kier molecular flexibility index (Phi) is 5.01. The smallest absolute Gasteiger partial charge is 0.260 e. The summed E-state index contributed by atoms with van der Waals surface area (Å²) in [5, 5.41) is 0. The number of hydrogen-bond donors (Lipinski definition) is 0. The Morgan fingerprint density at radius 1 is 1.88 bits per heavy atom. The molecule has 1 atom stereocenters. The van der Waals surface area contributed by atoms with Gasteiger partial charge in [0.1, 0.15) is 0 Å². The molecule has 0 heterocycles. The second-order valence-electron chi connectivity index (χ2n) is 1.66. The Morgan fingerprint density at radius 3 is 2.88 bits per heavy atom. The summed E-state index contributed by atoms with van der Waals surface area (Å²) < 4.78 is 5.25. The summed E-state index contributed by atoms with van der Waals surface area (Å²) in [6, 6.07) is 0. The average Bonchev–Trinajstić information content (AvgIpc) is 1.83. The molecule has 0 aliphatic carbocycles. The highest BCUT2D eigenvalue weighted by atomic mass is 28.2. The second kappa shape index (κ2) is 5.06. The lowest BCUT2D eigenvalue weighted by molar-refractivity contribution is 0.233. The van der Waals surface area contributed by atoms with Crippen LogP contribution < -0.4 is 0 Å². The van der Waals surface area contributed by atoms with E-state index < -0.39 is 0 Å². The van der Waals surface area contributed by atoms with Crippen molar-refractivity contribution in [3.8, 4) is 0 Å². The van der Waals surface area contributed by atoms with Crippen LogP contribution in [0.25, 0.3) is 0 Å². The van der Waals surface area contributed by atoms with Crippen LogP contribution in [0.2, 0.25) is 0 Å². The highest BCUT2D eigenvalue weighted by molar-refractivity contribution is 6.34. The van der Waals surface area contributed by atoms with Gasteiger partial charge in [0.25, 0.3) is 9.76 Å². The maximum Gasteiger partial charge on any atom is 0.260 e. The SMILES string of the molecule is C=C[Si]OC(C)CC. The average molecular weight is 128 g/mol. The van der Waals surface area contributed by atoms with Gasteiger partial charge in [0.15, 0.2) is 0 Å². The summed E-state index contributed by atoms with van der Waals surface area (Å²) in [6.45, 7) is 7.73. The summed E-state index contributed by atoms with van der Waals surface area (Å²) in [5.41, 5.74) is 1.80. The van der Waals surface area contributed by atoms with Gasteiger partial charge in [-0.25, -0.2) is 0 Å². The van der Waals surface area contributed by atoms with Crippen LogP contribution in [-0.2, 0) is 4.43 Å². The van der Waals surface area contributed by atoms with Crippen molar-refractivity contribution in [2.75, 3.05) is 0 Å². The Bertz CT molecular complexity index is 63.5. The first-order valence-electron chi connectivity index (χ1n) is 2.83. The van der Waals surface area contributed by atoms with Crippen molar-refractivity contribution in [1.82, 2.24) is 0 Å². The first-order chi connectivity index (χ1) is 3.81. The maximum atomic E-state index is 5.25. The molecule has 0 saturated heterocycles. The molecule has 1 unspecified atom stereocenters. The molecule has 8 heavy (non-hydrogen) atoms. The van der Waals surface area contributed by atoms with Crippen molar-refractivity contribution in [2.45, 2.75) is 26.4 Å². The molecule has 0 fully saturated rings. The van der Waals surface area contributed by atoms with E-state index in [1.54, 1.807) is 5.70 Å². The third-order valence-electron chi connectivity index (χ3n) is 0.927. The molecule has 2 heteroatoms. The van der Waals surface area contributed by atoms with E-state index in [4.69, 9.17) is 4.43 Å². The molecule has 0 aliphatic heterocycles. The lowest BCUT2D eigenvalue weighted by Gasteiger charge is -2.05. The minimum Gasteiger partial charge on any atom is -0.409 e. The van der Waals surface area contributed by atoms with E-state index in [0.29, 0.717) is 15.9 Å². The zero-order valence-corrected chi connectivity index (χ0v) is 6.48. The van der Waals surface area contributed by atoms with Crippen LogP contribution >= 0.6 is 0 Å².